The third-order valence-electron chi connectivity index (χ3n) is 6.21. The Hall–Kier alpha value is -3.77. The predicted molar refractivity (Wildman–Crippen MR) is 121 cm³/mol. The maximum atomic E-state index is 13.2. The zero-order valence-electron chi connectivity index (χ0n) is 17.4. The summed E-state index contributed by atoms with van der Waals surface area (Å²) in [6.45, 7) is 2.76. The number of nitriles is 1. The van der Waals surface area contributed by atoms with E-state index < -0.39 is 5.41 Å². The fourth-order valence-corrected chi connectivity index (χ4v) is 5.03. The molecule has 0 radical (unpaired) electrons. The standard InChI is InChI=1S/C23H20N6O2S/c1-15-18(13-25-29(15)22-26-19(30)17-7-12-32-20(17)27-22)21(31)28-10-8-23(14-24,9-11-28)16-5-3-2-4-6-16/h2-7,12-13H,8-11H2,1H3,(H,26,27,30). The van der Waals surface area contributed by atoms with Crippen molar-refractivity contribution in [3.63, 3.8) is 0 Å². The highest BCUT2D eigenvalue weighted by molar-refractivity contribution is 7.16. The molecule has 0 aliphatic carbocycles. The van der Waals surface area contributed by atoms with Crippen LogP contribution in [0.3, 0.4) is 0 Å². The number of aromatic nitrogens is 4. The molecule has 1 fully saturated rings. The van der Waals surface area contributed by atoms with Crippen LogP contribution in [0.25, 0.3) is 16.2 Å². The number of likely N-dealkylation sites (tertiary alicyclic amines) is 1. The van der Waals surface area contributed by atoms with Gasteiger partial charge in [-0.05, 0) is 36.8 Å². The van der Waals surface area contributed by atoms with E-state index in [4.69, 9.17) is 0 Å². The first-order chi connectivity index (χ1) is 15.5. The summed E-state index contributed by atoms with van der Waals surface area (Å²) in [6.07, 6.45) is 2.67. The Morgan fingerprint density at radius 3 is 2.69 bits per heavy atom. The van der Waals surface area contributed by atoms with Crippen LogP contribution >= 0.6 is 11.3 Å². The molecule has 1 saturated heterocycles. The summed E-state index contributed by atoms with van der Waals surface area (Å²) >= 11 is 1.38. The largest absolute Gasteiger partial charge is 0.338 e. The van der Waals surface area contributed by atoms with E-state index in [1.807, 2.05) is 35.7 Å². The lowest BCUT2D eigenvalue weighted by molar-refractivity contribution is 0.0691. The molecule has 8 nitrogen and oxygen atoms in total. The van der Waals surface area contributed by atoms with Crippen LogP contribution in [0, 0.1) is 18.3 Å². The molecule has 4 heterocycles. The number of amides is 1. The molecule has 9 heteroatoms. The van der Waals surface area contributed by atoms with E-state index >= 15 is 0 Å². The summed E-state index contributed by atoms with van der Waals surface area (Å²) < 4.78 is 1.49. The molecule has 1 N–H and O–H groups in total. The quantitative estimate of drug-likeness (QED) is 0.522. The van der Waals surface area contributed by atoms with Gasteiger partial charge in [-0.25, -0.2) is 9.67 Å². The zero-order valence-corrected chi connectivity index (χ0v) is 18.2. The summed E-state index contributed by atoms with van der Waals surface area (Å²) in [5.41, 5.74) is 1.25. The van der Waals surface area contributed by atoms with E-state index in [1.165, 1.54) is 22.2 Å². The lowest BCUT2D eigenvalue weighted by Crippen LogP contribution is -2.44. The van der Waals surface area contributed by atoms with Crippen LogP contribution in [-0.2, 0) is 5.41 Å². The van der Waals surface area contributed by atoms with E-state index in [0.717, 1.165) is 5.56 Å². The first kappa shape index (κ1) is 20.2. The topological polar surface area (TPSA) is 108 Å². The number of carbonyl (C=O) groups excluding carboxylic acids is 1. The molecule has 0 bridgehead atoms. The van der Waals surface area contributed by atoms with Gasteiger partial charge in [0.1, 0.15) is 4.83 Å². The van der Waals surface area contributed by atoms with Crippen LogP contribution < -0.4 is 5.56 Å². The maximum absolute atomic E-state index is 13.2. The van der Waals surface area contributed by atoms with Gasteiger partial charge in [-0.2, -0.15) is 10.4 Å². The van der Waals surface area contributed by atoms with Crippen molar-refractivity contribution in [3.05, 3.63) is 75.1 Å². The average molecular weight is 445 g/mol. The van der Waals surface area contributed by atoms with Crippen LogP contribution in [0.5, 0.6) is 0 Å². The second kappa shape index (κ2) is 7.73. The third kappa shape index (κ3) is 3.20. The first-order valence-corrected chi connectivity index (χ1v) is 11.2. The number of rotatable bonds is 3. The van der Waals surface area contributed by atoms with Gasteiger partial charge in [0.05, 0.1) is 34.3 Å². The van der Waals surface area contributed by atoms with E-state index in [-0.39, 0.29) is 17.4 Å². The van der Waals surface area contributed by atoms with Crippen molar-refractivity contribution >= 4 is 27.5 Å². The van der Waals surface area contributed by atoms with Gasteiger partial charge >= 0.3 is 0 Å². The predicted octanol–water partition coefficient (Wildman–Crippen LogP) is 3.18. The zero-order chi connectivity index (χ0) is 22.3. The Balaban J connectivity index is 1.39. The monoisotopic (exact) mass is 444 g/mol. The van der Waals surface area contributed by atoms with E-state index in [0.29, 0.717) is 47.4 Å². The van der Waals surface area contributed by atoms with Crippen molar-refractivity contribution in [2.75, 3.05) is 13.1 Å². The van der Waals surface area contributed by atoms with Gasteiger partial charge in [0.15, 0.2) is 0 Å². The van der Waals surface area contributed by atoms with Gasteiger partial charge in [0.2, 0.25) is 5.95 Å². The highest BCUT2D eigenvalue weighted by atomic mass is 32.1. The van der Waals surface area contributed by atoms with Gasteiger partial charge in [-0.1, -0.05) is 30.3 Å². The molecule has 1 aromatic carbocycles. The SMILES string of the molecule is Cc1c(C(=O)N2CCC(C#N)(c3ccccc3)CC2)cnn1-c1nc2sccc2c(=O)[nH]1. The summed E-state index contributed by atoms with van der Waals surface area (Å²) in [5, 5.41) is 16.6. The van der Waals surface area contributed by atoms with Crippen molar-refractivity contribution in [3.8, 4) is 12.0 Å². The van der Waals surface area contributed by atoms with E-state index in [1.54, 1.807) is 17.9 Å². The Labute approximate surface area is 187 Å². The van der Waals surface area contributed by atoms with Crippen molar-refractivity contribution in [2.24, 2.45) is 0 Å². The molecule has 0 spiro atoms. The van der Waals surface area contributed by atoms with Crippen LogP contribution in [-0.4, -0.2) is 43.6 Å². The summed E-state index contributed by atoms with van der Waals surface area (Å²) in [6, 6.07) is 14.0. The van der Waals surface area contributed by atoms with Gasteiger partial charge < -0.3 is 4.90 Å². The van der Waals surface area contributed by atoms with E-state index in [9.17, 15) is 14.9 Å². The maximum Gasteiger partial charge on any atom is 0.261 e. The number of carbonyl (C=O) groups is 1. The second-order valence-electron chi connectivity index (χ2n) is 7.94. The van der Waals surface area contributed by atoms with Gasteiger partial charge in [-0.15, -0.1) is 11.3 Å². The molecule has 0 atom stereocenters. The fourth-order valence-electron chi connectivity index (χ4n) is 4.27. The minimum atomic E-state index is -0.573. The summed E-state index contributed by atoms with van der Waals surface area (Å²) in [7, 11) is 0. The van der Waals surface area contributed by atoms with Crippen molar-refractivity contribution in [2.45, 2.75) is 25.2 Å². The Bertz CT molecular complexity index is 1400. The number of nitrogens with zero attached hydrogens (tertiary/aromatic N) is 5. The molecule has 5 rings (SSSR count). The molecule has 160 valence electrons. The number of thiophene rings is 1. The molecule has 1 aliphatic heterocycles. The minimum absolute atomic E-state index is 0.132. The lowest BCUT2D eigenvalue weighted by atomic mass is 9.74. The average Bonchev–Trinajstić information content (AvgIpc) is 3.46. The Morgan fingerprint density at radius 1 is 1.22 bits per heavy atom. The molecule has 32 heavy (non-hydrogen) atoms. The van der Waals surface area contributed by atoms with Gasteiger partial charge in [-0.3, -0.25) is 14.6 Å². The highest BCUT2D eigenvalue weighted by Gasteiger charge is 2.38. The fraction of sp³-hybridized carbons (Fsp3) is 0.261. The first-order valence-electron chi connectivity index (χ1n) is 10.3. The normalized spacial score (nSPS) is 15.6. The smallest absolute Gasteiger partial charge is 0.261 e. The molecule has 0 unspecified atom stereocenters. The third-order valence-corrected chi connectivity index (χ3v) is 7.01. The van der Waals surface area contributed by atoms with E-state index in [2.05, 4.69) is 21.1 Å². The Kier molecular flexibility index (Phi) is 4.87. The van der Waals surface area contributed by atoms with Crippen molar-refractivity contribution < 1.29 is 4.79 Å². The molecule has 1 amide bonds. The number of aromatic amines is 1. The number of nitrogens with one attached hydrogen (secondary N) is 1. The molecule has 0 saturated carbocycles. The molecule has 4 aromatic rings. The molecule has 3 aromatic heterocycles. The van der Waals surface area contributed by atoms with Crippen molar-refractivity contribution in [1.29, 1.82) is 5.26 Å². The lowest BCUT2D eigenvalue weighted by Gasteiger charge is -2.37. The number of hydrogen-bond acceptors (Lipinski definition) is 6. The molecule has 1 aliphatic rings. The van der Waals surface area contributed by atoms with Gasteiger partial charge in [0.25, 0.3) is 11.5 Å². The van der Waals surface area contributed by atoms with Crippen LogP contribution in [0.4, 0.5) is 0 Å². The molecular formula is C23H20N6O2S. The number of fused-ring (bicyclic) bond motifs is 1. The second-order valence-corrected chi connectivity index (χ2v) is 8.83. The Morgan fingerprint density at radius 2 is 1.97 bits per heavy atom. The van der Waals surface area contributed by atoms with Crippen LogP contribution in [0.1, 0.15) is 34.5 Å². The number of H-pyrrole nitrogens is 1. The number of piperidine rings is 1. The van der Waals surface area contributed by atoms with Gasteiger partial charge in [0, 0.05) is 13.1 Å². The number of hydrogen-bond donors (Lipinski definition) is 1. The van der Waals surface area contributed by atoms with Crippen LogP contribution in [0.15, 0.2) is 52.8 Å². The number of benzene rings is 1. The highest BCUT2D eigenvalue weighted by Crippen LogP contribution is 2.35. The minimum Gasteiger partial charge on any atom is -0.338 e. The summed E-state index contributed by atoms with van der Waals surface area (Å²) in [4.78, 5) is 35.2. The van der Waals surface area contributed by atoms with Crippen LogP contribution in [0.2, 0.25) is 0 Å². The van der Waals surface area contributed by atoms with Crippen molar-refractivity contribution in [1.82, 2.24) is 24.6 Å². The molecular weight excluding hydrogens is 424 g/mol. The summed E-state index contributed by atoms with van der Waals surface area (Å²) in [5.74, 6) is 0.153.